The molecule has 112 valence electrons. The number of halogens is 2. The Bertz CT molecular complexity index is 866. The second-order valence-electron chi connectivity index (χ2n) is 4.44. The third-order valence-corrected chi connectivity index (χ3v) is 5.64. The number of amides is 1. The minimum absolute atomic E-state index is 0.291. The minimum Gasteiger partial charge on any atom is -0.322 e. The van der Waals surface area contributed by atoms with Crippen molar-refractivity contribution in [1.82, 2.24) is 4.98 Å². The predicted molar refractivity (Wildman–Crippen MR) is 93.5 cm³/mol. The molecule has 1 amide bonds. The molecule has 1 N–H and O–H groups in total. The second-order valence-corrected chi connectivity index (χ2v) is 7.38. The van der Waals surface area contributed by atoms with Gasteiger partial charge in [-0.15, -0.1) is 11.3 Å². The van der Waals surface area contributed by atoms with Crippen molar-refractivity contribution in [2.75, 3.05) is 11.6 Å². The van der Waals surface area contributed by atoms with Crippen LogP contribution in [0.3, 0.4) is 0 Å². The maximum absolute atomic E-state index is 13.1. The Balaban J connectivity index is 1.87. The standard InChI is InChI=1S/C15H10BrFN2OS2/c1-21-15-19-12-5-3-9(7-13(12)22-15)18-14(20)10-4-2-8(17)6-11(10)16/h2-7H,1H3,(H,18,20). The van der Waals surface area contributed by atoms with Gasteiger partial charge in [0.05, 0.1) is 15.8 Å². The molecule has 2 aromatic carbocycles. The van der Waals surface area contributed by atoms with Crippen LogP contribution in [0.1, 0.15) is 10.4 Å². The normalized spacial score (nSPS) is 10.9. The van der Waals surface area contributed by atoms with E-state index in [2.05, 4.69) is 26.2 Å². The molecule has 0 fully saturated rings. The van der Waals surface area contributed by atoms with Crippen molar-refractivity contribution in [1.29, 1.82) is 0 Å². The van der Waals surface area contributed by atoms with Crippen molar-refractivity contribution in [2.24, 2.45) is 0 Å². The van der Waals surface area contributed by atoms with Crippen molar-refractivity contribution >= 4 is 60.8 Å². The molecular weight excluding hydrogens is 387 g/mol. The van der Waals surface area contributed by atoms with Crippen molar-refractivity contribution in [3.8, 4) is 0 Å². The van der Waals surface area contributed by atoms with Crippen molar-refractivity contribution in [3.05, 3.63) is 52.3 Å². The number of anilines is 1. The van der Waals surface area contributed by atoms with Gasteiger partial charge in [0, 0.05) is 10.2 Å². The van der Waals surface area contributed by atoms with Gasteiger partial charge in [-0.05, 0) is 58.6 Å². The lowest BCUT2D eigenvalue weighted by Crippen LogP contribution is -2.12. The number of carbonyl (C=O) groups is 1. The van der Waals surface area contributed by atoms with Gasteiger partial charge in [-0.2, -0.15) is 0 Å². The molecule has 0 atom stereocenters. The average Bonchev–Trinajstić information content (AvgIpc) is 2.89. The second kappa shape index (κ2) is 6.36. The number of thiazole rings is 1. The van der Waals surface area contributed by atoms with E-state index < -0.39 is 0 Å². The quantitative estimate of drug-likeness (QED) is 0.620. The van der Waals surface area contributed by atoms with Gasteiger partial charge in [0.2, 0.25) is 0 Å². The molecule has 0 aliphatic heterocycles. The number of fused-ring (bicyclic) bond motifs is 1. The van der Waals surface area contributed by atoms with E-state index in [1.807, 2.05) is 24.5 Å². The van der Waals surface area contributed by atoms with Gasteiger partial charge in [0.15, 0.2) is 4.34 Å². The van der Waals surface area contributed by atoms with Crippen LogP contribution in [0, 0.1) is 5.82 Å². The number of thioether (sulfide) groups is 1. The highest BCUT2D eigenvalue weighted by atomic mass is 79.9. The molecule has 1 heterocycles. The van der Waals surface area contributed by atoms with Gasteiger partial charge in [-0.3, -0.25) is 4.79 Å². The Morgan fingerprint density at radius 2 is 2.14 bits per heavy atom. The molecule has 7 heteroatoms. The summed E-state index contributed by atoms with van der Waals surface area (Å²) in [6, 6.07) is 9.55. The van der Waals surface area contributed by atoms with Gasteiger partial charge in [0.25, 0.3) is 5.91 Å². The lowest BCUT2D eigenvalue weighted by molar-refractivity contribution is 0.102. The summed E-state index contributed by atoms with van der Waals surface area (Å²) in [5, 5.41) is 2.82. The molecule has 0 bridgehead atoms. The van der Waals surface area contributed by atoms with E-state index in [4.69, 9.17) is 0 Å². The number of carbonyl (C=O) groups excluding carboxylic acids is 1. The highest BCUT2D eigenvalue weighted by molar-refractivity contribution is 9.10. The number of hydrogen-bond donors (Lipinski definition) is 1. The van der Waals surface area contributed by atoms with Gasteiger partial charge in [-0.1, -0.05) is 11.8 Å². The fraction of sp³-hybridized carbons (Fsp3) is 0.0667. The number of nitrogens with zero attached hydrogens (tertiary/aromatic N) is 1. The van der Waals surface area contributed by atoms with Crippen LogP contribution in [0.4, 0.5) is 10.1 Å². The lowest BCUT2D eigenvalue weighted by Gasteiger charge is -2.07. The molecule has 3 nitrogen and oxygen atoms in total. The smallest absolute Gasteiger partial charge is 0.256 e. The molecule has 0 spiro atoms. The zero-order valence-electron chi connectivity index (χ0n) is 11.4. The highest BCUT2D eigenvalue weighted by Crippen LogP contribution is 2.30. The van der Waals surface area contributed by atoms with E-state index in [1.54, 1.807) is 23.1 Å². The van der Waals surface area contributed by atoms with Crippen LogP contribution >= 0.6 is 39.0 Å². The van der Waals surface area contributed by atoms with Crippen LogP contribution in [-0.2, 0) is 0 Å². The molecule has 0 unspecified atom stereocenters. The lowest BCUT2D eigenvalue weighted by atomic mass is 10.2. The maximum Gasteiger partial charge on any atom is 0.256 e. The summed E-state index contributed by atoms with van der Waals surface area (Å²) in [5.41, 5.74) is 1.98. The fourth-order valence-electron chi connectivity index (χ4n) is 1.94. The first-order valence-electron chi connectivity index (χ1n) is 6.28. The molecular formula is C15H10BrFN2OS2. The van der Waals surface area contributed by atoms with E-state index in [0.29, 0.717) is 15.7 Å². The van der Waals surface area contributed by atoms with Crippen molar-refractivity contribution in [2.45, 2.75) is 4.34 Å². The molecule has 3 aromatic rings. The third-order valence-electron chi connectivity index (χ3n) is 2.98. The zero-order chi connectivity index (χ0) is 15.7. The number of rotatable bonds is 3. The number of benzene rings is 2. The van der Waals surface area contributed by atoms with Crippen LogP contribution in [0.25, 0.3) is 10.2 Å². The topological polar surface area (TPSA) is 42.0 Å². The van der Waals surface area contributed by atoms with E-state index >= 15 is 0 Å². The predicted octanol–water partition coefficient (Wildman–Crippen LogP) is 5.17. The summed E-state index contributed by atoms with van der Waals surface area (Å²) in [6.07, 6.45) is 1.98. The first kappa shape index (κ1) is 15.5. The zero-order valence-corrected chi connectivity index (χ0v) is 14.6. The Hall–Kier alpha value is -1.44. The summed E-state index contributed by atoms with van der Waals surface area (Å²) >= 11 is 6.38. The molecule has 0 aliphatic carbocycles. The third kappa shape index (κ3) is 3.16. The van der Waals surface area contributed by atoms with Crippen LogP contribution in [0.5, 0.6) is 0 Å². The summed E-state index contributed by atoms with van der Waals surface area (Å²) in [4.78, 5) is 16.7. The van der Waals surface area contributed by atoms with Crippen LogP contribution in [0.2, 0.25) is 0 Å². The number of hydrogen-bond acceptors (Lipinski definition) is 4. The highest BCUT2D eigenvalue weighted by Gasteiger charge is 2.12. The molecule has 22 heavy (non-hydrogen) atoms. The van der Waals surface area contributed by atoms with E-state index in [-0.39, 0.29) is 11.7 Å². The summed E-state index contributed by atoms with van der Waals surface area (Å²) in [5.74, 6) is -0.681. The summed E-state index contributed by atoms with van der Waals surface area (Å²) in [6.45, 7) is 0. The van der Waals surface area contributed by atoms with Gasteiger partial charge in [-0.25, -0.2) is 9.37 Å². The first-order chi connectivity index (χ1) is 10.6. The minimum atomic E-state index is -0.390. The number of aromatic nitrogens is 1. The van der Waals surface area contributed by atoms with Crippen LogP contribution < -0.4 is 5.32 Å². The first-order valence-corrected chi connectivity index (χ1v) is 9.11. The Kier molecular flexibility index (Phi) is 4.46. The van der Waals surface area contributed by atoms with E-state index in [1.165, 1.54) is 18.2 Å². The average molecular weight is 397 g/mol. The van der Waals surface area contributed by atoms with Gasteiger partial charge in [0.1, 0.15) is 5.82 Å². The molecule has 0 saturated carbocycles. The molecule has 0 saturated heterocycles. The largest absolute Gasteiger partial charge is 0.322 e. The maximum atomic E-state index is 13.1. The summed E-state index contributed by atoms with van der Waals surface area (Å²) < 4.78 is 15.5. The van der Waals surface area contributed by atoms with Gasteiger partial charge >= 0.3 is 0 Å². The number of nitrogens with one attached hydrogen (secondary N) is 1. The molecule has 1 aromatic heterocycles. The Labute approximate surface area is 143 Å². The summed E-state index contributed by atoms with van der Waals surface area (Å²) in [7, 11) is 0. The Morgan fingerprint density at radius 3 is 2.86 bits per heavy atom. The monoisotopic (exact) mass is 396 g/mol. The van der Waals surface area contributed by atoms with E-state index in [9.17, 15) is 9.18 Å². The fourth-order valence-corrected chi connectivity index (χ4v) is 4.00. The molecule has 3 rings (SSSR count). The molecule has 0 aliphatic rings. The molecule has 0 radical (unpaired) electrons. The van der Waals surface area contributed by atoms with Gasteiger partial charge < -0.3 is 5.32 Å². The van der Waals surface area contributed by atoms with Crippen LogP contribution in [-0.4, -0.2) is 17.1 Å². The van der Waals surface area contributed by atoms with E-state index in [0.717, 1.165) is 14.6 Å². The van der Waals surface area contributed by atoms with Crippen molar-refractivity contribution in [3.63, 3.8) is 0 Å². The van der Waals surface area contributed by atoms with Crippen molar-refractivity contribution < 1.29 is 9.18 Å². The Morgan fingerprint density at radius 1 is 1.32 bits per heavy atom. The SMILES string of the molecule is CSc1nc2ccc(NC(=O)c3ccc(F)cc3Br)cc2s1. The van der Waals surface area contributed by atoms with Crippen LogP contribution in [0.15, 0.2) is 45.2 Å².